The molecule has 1 aromatic heterocycles. The minimum Gasteiger partial charge on any atom is -0.389 e. The van der Waals surface area contributed by atoms with Crippen LogP contribution in [0.15, 0.2) is 6.20 Å². The largest absolute Gasteiger partial charge is 0.389 e. The summed E-state index contributed by atoms with van der Waals surface area (Å²) in [4.78, 5) is 10.6. The number of aliphatic hydroxyl groups excluding tert-OH is 1. The molecule has 1 aromatic rings. The summed E-state index contributed by atoms with van der Waals surface area (Å²) in [7, 11) is 0. The van der Waals surface area contributed by atoms with Gasteiger partial charge in [0.25, 0.3) is 0 Å². The number of halogens is 1. The van der Waals surface area contributed by atoms with Crippen molar-refractivity contribution in [1.29, 1.82) is 0 Å². The summed E-state index contributed by atoms with van der Waals surface area (Å²) in [5.41, 5.74) is 0. The second-order valence-electron chi connectivity index (χ2n) is 1.94. The summed E-state index contributed by atoms with van der Waals surface area (Å²) in [5.74, 6) is -0.272. The average molecular weight is 267 g/mol. The zero-order valence-electron chi connectivity index (χ0n) is 5.57. The van der Waals surface area contributed by atoms with E-state index >= 15 is 0 Å². The van der Waals surface area contributed by atoms with Crippen molar-refractivity contribution < 1.29 is 9.90 Å². The number of aliphatic hydroxyl groups is 1. The monoisotopic (exact) mass is 267 g/mol. The molecule has 0 saturated heterocycles. The zero-order valence-corrected chi connectivity index (χ0v) is 7.72. The summed E-state index contributed by atoms with van der Waals surface area (Å²) < 4.78 is 2.12. The Kier molecular flexibility index (Phi) is 2.94. The third kappa shape index (κ3) is 2.54. The van der Waals surface area contributed by atoms with Crippen LogP contribution in [0.4, 0.5) is 0 Å². The topological polar surface area (TPSA) is 68.0 Å². The van der Waals surface area contributed by atoms with Gasteiger partial charge in [-0.1, -0.05) is 5.21 Å². The van der Waals surface area contributed by atoms with E-state index in [2.05, 4.69) is 10.3 Å². The van der Waals surface area contributed by atoms with Crippen LogP contribution in [0.5, 0.6) is 0 Å². The summed E-state index contributed by atoms with van der Waals surface area (Å²) in [6.07, 6.45) is 1.63. The molecule has 60 valence electrons. The molecule has 0 aliphatic carbocycles. The van der Waals surface area contributed by atoms with Gasteiger partial charge in [0, 0.05) is 0 Å². The van der Waals surface area contributed by atoms with E-state index in [0.29, 0.717) is 0 Å². The van der Waals surface area contributed by atoms with Crippen molar-refractivity contribution in [3.8, 4) is 0 Å². The molecule has 0 saturated carbocycles. The fraction of sp³-hybridized carbons (Fsp3) is 0.400. The molecular weight excluding hydrogens is 261 g/mol. The van der Waals surface area contributed by atoms with Crippen LogP contribution in [0.3, 0.4) is 0 Å². The molecule has 0 aromatic carbocycles. The minimum atomic E-state index is -0.448. The van der Waals surface area contributed by atoms with Crippen LogP contribution in [0, 0.1) is 3.70 Å². The number of aromatic nitrogens is 3. The molecule has 5 nitrogen and oxygen atoms in total. The average Bonchev–Trinajstić information content (AvgIpc) is 2.35. The van der Waals surface area contributed by atoms with E-state index < -0.39 is 6.61 Å². The standard InChI is InChI=1S/C5H6IN3O2/c6-5-2-9(8-7-5)1-4(11)3-10/h2,10H,1,3H2. The second kappa shape index (κ2) is 3.77. The van der Waals surface area contributed by atoms with Gasteiger partial charge in [0.15, 0.2) is 5.78 Å². The molecule has 11 heavy (non-hydrogen) atoms. The molecular formula is C5H6IN3O2. The second-order valence-corrected chi connectivity index (χ2v) is 3.04. The SMILES string of the molecule is O=C(CO)Cn1cc(I)nn1. The number of ketones is 1. The van der Waals surface area contributed by atoms with Crippen molar-refractivity contribution in [3.63, 3.8) is 0 Å². The minimum absolute atomic E-state index is 0.0898. The molecule has 1 N–H and O–H groups in total. The van der Waals surface area contributed by atoms with Gasteiger partial charge in [0.1, 0.15) is 16.9 Å². The first-order chi connectivity index (χ1) is 5.22. The quantitative estimate of drug-likeness (QED) is 0.746. The molecule has 0 aliphatic heterocycles. The summed E-state index contributed by atoms with van der Waals surface area (Å²) >= 11 is 1.99. The number of carbonyl (C=O) groups excluding carboxylic acids is 1. The molecule has 1 heterocycles. The first-order valence-electron chi connectivity index (χ1n) is 2.90. The highest BCUT2D eigenvalue weighted by molar-refractivity contribution is 14.1. The summed E-state index contributed by atoms with van der Waals surface area (Å²) in [6, 6.07) is 0. The number of hydrogen-bond donors (Lipinski definition) is 1. The highest BCUT2D eigenvalue weighted by Crippen LogP contribution is 1.96. The van der Waals surface area contributed by atoms with Gasteiger partial charge in [-0.2, -0.15) is 0 Å². The first-order valence-corrected chi connectivity index (χ1v) is 3.98. The number of rotatable bonds is 3. The third-order valence-corrected chi connectivity index (χ3v) is 1.52. The molecule has 6 heteroatoms. The molecule has 0 amide bonds. The van der Waals surface area contributed by atoms with Gasteiger partial charge in [-0.15, -0.1) is 5.10 Å². The number of nitrogens with zero attached hydrogens (tertiary/aromatic N) is 3. The van der Waals surface area contributed by atoms with Gasteiger partial charge in [0.2, 0.25) is 0 Å². The van der Waals surface area contributed by atoms with Crippen LogP contribution in [0.2, 0.25) is 0 Å². The maximum atomic E-state index is 10.6. The van der Waals surface area contributed by atoms with Crippen molar-refractivity contribution in [1.82, 2.24) is 15.0 Å². The van der Waals surface area contributed by atoms with Crippen molar-refractivity contribution >= 4 is 28.4 Å². The Balaban J connectivity index is 2.57. The van der Waals surface area contributed by atoms with E-state index in [1.54, 1.807) is 6.20 Å². The Bertz CT molecular complexity index is 260. The molecule has 0 unspecified atom stereocenters. The van der Waals surface area contributed by atoms with E-state index in [0.717, 1.165) is 3.70 Å². The van der Waals surface area contributed by atoms with Gasteiger partial charge in [-0.05, 0) is 22.6 Å². The molecule has 0 fully saturated rings. The Labute approximate surface area is 76.5 Å². The van der Waals surface area contributed by atoms with Crippen molar-refractivity contribution in [3.05, 3.63) is 9.90 Å². The maximum Gasteiger partial charge on any atom is 0.179 e. The summed E-state index contributed by atoms with van der Waals surface area (Å²) in [5, 5.41) is 15.7. The Morgan fingerprint density at radius 2 is 2.55 bits per heavy atom. The van der Waals surface area contributed by atoms with Gasteiger partial charge in [-0.3, -0.25) is 4.79 Å². The predicted molar refractivity (Wildman–Crippen MR) is 44.8 cm³/mol. The van der Waals surface area contributed by atoms with E-state index in [1.165, 1.54) is 4.68 Å². The van der Waals surface area contributed by atoms with E-state index in [-0.39, 0.29) is 12.3 Å². The lowest BCUT2D eigenvalue weighted by Gasteiger charge is -1.93. The smallest absolute Gasteiger partial charge is 0.179 e. The third-order valence-electron chi connectivity index (χ3n) is 1.03. The van der Waals surface area contributed by atoms with Crippen LogP contribution < -0.4 is 0 Å². The Hall–Kier alpha value is -0.500. The zero-order chi connectivity index (χ0) is 8.27. The number of Topliss-reactive ketones (excluding diaryl/α,β-unsaturated/α-hetero) is 1. The van der Waals surface area contributed by atoms with Gasteiger partial charge in [0.05, 0.1) is 6.20 Å². The Morgan fingerprint density at radius 1 is 1.82 bits per heavy atom. The fourth-order valence-corrected chi connectivity index (χ4v) is 1.00. The van der Waals surface area contributed by atoms with Crippen molar-refractivity contribution in [2.45, 2.75) is 6.54 Å². The normalized spacial score (nSPS) is 10.0. The molecule has 0 bridgehead atoms. The predicted octanol–water partition coefficient (Wildman–Crippen LogP) is -0.556. The van der Waals surface area contributed by atoms with Crippen LogP contribution in [0.25, 0.3) is 0 Å². The van der Waals surface area contributed by atoms with Crippen LogP contribution in [0.1, 0.15) is 0 Å². The van der Waals surface area contributed by atoms with E-state index in [4.69, 9.17) is 5.11 Å². The molecule has 0 radical (unpaired) electrons. The molecule has 0 atom stereocenters. The Morgan fingerprint density at radius 3 is 3.00 bits per heavy atom. The van der Waals surface area contributed by atoms with E-state index in [1.807, 2.05) is 22.6 Å². The van der Waals surface area contributed by atoms with Crippen LogP contribution in [-0.2, 0) is 11.3 Å². The van der Waals surface area contributed by atoms with Crippen LogP contribution in [-0.4, -0.2) is 32.5 Å². The lowest BCUT2D eigenvalue weighted by molar-refractivity contribution is -0.122. The first kappa shape index (κ1) is 8.60. The van der Waals surface area contributed by atoms with Crippen molar-refractivity contribution in [2.24, 2.45) is 0 Å². The number of hydrogen-bond acceptors (Lipinski definition) is 4. The van der Waals surface area contributed by atoms with Gasteiger partial charge < -0.3 is 5.11 Å². The fourth-order valence-electron chi connectivity index (χ4n) is 0.583. The number of carbonyl (C=O) groups is 1. The van der Waals surface area contributed by atoms with Gasteiger partial charge >= 0.3 is 0 Å². The maximum absolute atomic E-state index is 10.6. The molecule has 1 rings (SSSR count). The summed E-state index contributed by atoms with van der Waals surface area (Å²) in [6.45, 7) is -0.358. The molecule has 0 aliphatic rings. The lowest BCUT2D eigenvalue weighted by Crippen LogP contribution is -2.13. The highest BCUT2D eigenvalue weighted by atomic mass is 127. The van der Waals surface area contributed by atoms with Crippen LogP contribution >= 0.6 is 22.6 Å². The molecule has 0 spiro atoms. The van der Waals surface area contributed by atoms with Gasteiger partial charge in [-0.25, -0.2) is 4.68 Å². The lowest BCUT2D eigenvalue weighted by atomic mass is 10.4. The highest BCUT2D eigenvalue weighted by Gasteiger charge is 2.02. The van der Waals surface area contributed by atoms with Crippen molar-refractivity contribution in [2.75, 3.05) is 6.61 Å². The van der Waals surface area contributed by atoms with E-state index in [9.17, 15) is 4.79 Å².